The Balaban J connectivity index is 1.74. The molecule has 2 aromatic carbocycles. The lowest BCUT2D eigenvalue weighted by atomic mass is 9.99. The van der Waals surface area contributed by atoms with Gasteiger partial charge < -0.3 is 9.47 Å². The molecule has 0 radical (unpaired) electrons. The van der Waals surface area contributed by atoms with E-state index in [-0.39, 0.29) is 13.2 Å². The number of hydrazine groups is 1. The maximum absolute atomic E-state index is 11.9. The minimum absolute atomic E-state index is 0.245. The number of ether oxygens (including phenoxy) is 2. The van der Waals surface area contributed by atoms with Crippen molar-refractivity contribution < 1.29 is 19.1 Å². The van der Waals surface area contributed by atoms with Gasteiger partial charge in [-0.1, -0.05) is 31.5 Å². The third kappa shape index (κ3) is 7.53. The number of carbonyl (C=O) groups excluding carboxylic acids is 2. The minimum atomic E-state index is -0.515. The first kappa shape index (κ1) is 23.5. The molecule has 156 valence electrons. The van der Waals surface area contributed by atoms with Gasteiger partial charge in [-0.2, -0.15) is 0 Å². The lowest BCUT2D eigenvalue weighted by Gasteiger charge is -2.13. The Morgan fingerprint density at radius 1 is 0.966 bits per heavy atom. The van der Waals surface area contributed by atoms with Crippen molar-refractivity contribution in [3.8, 4) is 11.5 Å². The smallest absolute Gasteiger partial charge is 0.276 e. The van der Waals surface area contributed by atoms with Crippen molar-refractivity contribution in [3.05, 3.63) is 55.9 Å². The van der Waals surface area contributed by atoms with E-state index in [0.717, 1.165) is 10.9 Å². The second-order valence-electron chi connectivity index (χ2n) is 6.25. The molecule has 1 unspecified atom stereocenters. The second-order valence-corrected chi connectivity index (χ2v) is 8.39. The van der Waals surface area contributed by atoms with Crippen molar-refractivity contribution in [1.82, 2.24) is 10.9 Å². The van der Waals surface area contributed by atoms with Gasteiger partial charge in [0.05, 0.1) is 8.95 Å². The van der Waals surface area contributed by atoms with E-state index in [1.807, 2.05) is 18.2 Å². The number of halogens is 3. The SMILES string of the molecule is CCC(C)c1ccc(OCC(=O)NNC(=O)COc2ccc(Cl)cc2Br)c(Br)c1. The van der Waals surface area contributed by atoms with E-state index in [4.69, 9.17) is 21.1 Å². The molecule has 9 heteroatoms. The minimum Gasteiger partial charge on any atom is -0.483 e. The molecule has 1 atom stereocenters. The summed E-state index contributed by atoms with van der Waals surface area (Å²) in [4.78, 5) is 23.7. The molecule has 29 heavy (non-hydrogen) atoms. The Kier molecular flexibility index (Phi) is 9.26. The number of carbonyl (C=O) groups is 2. The Hall–Kier alpha value is -1.77. The Morgan fingerprint density at radius 3 is 1.97 bits per heavy atom. The molecule has 2 amide bonds. The third-order valence-corrected chi connectivity index (χ3v) is 5.56. The fourth-order valence-electron chi connectivity index (χ4n) is 2.27. The van der Waals surface area contributed by atoms with Crippen LogP contribution in [-0.4, -0.2) is 25.0 Å². The zero-order chi connectivity index (χ0) is 21.4. The van der Waals surface area contributed by atoms with Crippen LogP contribution in [0.5, 0.6) is 11.5 Å². The second kappa shape index (κ2) is 11.4. The highest BCUT2D eigenvalue weighted by molar-refractivity contribution is 9.10. The topological polar surface area (TPSA) is 76.7 Å². The largest absolute Gasteiger partial charge is 0.483 e. The van der Waals surface area contributed by atoms with Crippen LogP contribution in [0.3, 0.4) is 0 Å². The van der Waals surface area contributed by atoms with Gasteiger partial charge in [-0.05, 0) is 80.1 Å². The summed E-state index contributed by atoms with van der Waals surface area (Å²) in [6.07, 6.45) is 1.04. The van der Waals surface area contributed by atoms with Gasteiger partial charge >= 0.3 is 0 Å². The van der Waals surface area contributed by atoms with Crippen LogP contribution in [0.2, 0.25) is 5.02 Å². The fraction of sp³-hybridized carbons (Fsp3) is 0.300. The number of amides is 2. The summed E-state index contributed by atoms with van der Waals surface area (Å²) in [6, 6.07) is 10.7. The summed E-state index contributed by atoms with van der Waals surface area (Å²) in [5.74, 6) is 0.442. The molecule has 0 heterocycles. The van der Waals surface area contributed by atoms with Crippen molar-refractivity contribution >= 4 is 55.3 Å². The molecular weight excluding hydrogens is 527 g/mol. The van der Waals surface area contributed by atoms with Crippen LogP contribution < -0.4 is 20.3 Å². The molecule has 0 saturated carbocycles. The van der Waals surface area contributed by atoms with Crippen molar-refractivity contribution in [2.45, 2.75) is 26.2 Å². The molecule has 2 rings (SSSR count). The van der Waals surface area contributed by atoms with E-state index < -0.39 is 11.8 Å². The molecule has 2 N–H and O–H groups in total. The van der Waals surface area contributed by atoms with E-state index in [9.17, 15) is 9.59 Å². The molecular formula is C20H21Br2ClN2O4. The first-order valence-electron chi connectivity index (χ1n) is 8.88. The predicted molar refractivity (Wildman–Crippen MR) is 119 cm³/mol. The van der Waals surface area contributed by atoms with Gasteiger partial charge in [0, 0.05) is 5.02 Å². The predicted octanol–water partition coefficient (Wildman–Crippen LogP) is 4.98. The van der Waals surface area contributed by atoms with Gasteiger partial charge in [0.15, 0.2) is 13.2 Å². The maximum atomic E-state index is 11.9. The Labute approximate surface area is 191 Å². The Bertz CT molecular complexity index is 880. The number of rotatable bonds is 8. The highest BCUT2D eigenvalue weighted by Crippen LogP contribution is 2.30. The molecule has 0 bridgehead atoms. The van der Waals surface area contributed by atoms with E-state index >= 15 is 0 Å². The molecule has 0 aliphatic rings. The molecule has 0 fully saturated rings. The average molecular weight is 549 g/mol. The standard InChI is InChI=1S/C20H21Br2ClN2O4/c1-3-12(2)13-4-6-17(15(21)8-13)28-10-19(26)24-25-20(27)11-29-18-7-5-14(23)9-16(18)22/h4-9,12H,3,10-11H2,1-2H3,(H,24,26)(H,25,27). The normalized spacial score (nSPS) is 11.5. The monoisotopic (exact) mass is 546 g/mol. The van der Waals surface area contributed by atoms with Crippen LogP contribution in [0.4, 0.5) is 0 Å². The summed E-state index contributed by atoms with van der Waals surface area (Å²) in [5, 5.41) is 0.544. The summed E-state index contributed by atoms with van der Waals surface area (Å²) in [6.45, 7) is 3.75. The summed E-state index contributed by atoms with van der Waals surface area (Å²) in [7, 11) is 0. The molecule has 0 spiro atoms. The molecule has 0 aliphatic heterocycles. The quantitative estimate of drug-likeness (QED) is 0.456. The number of hydrogen-bond acceptors (Lipinski definition) is 4. The molecule has 6 nitrogen and oxygen atoms in total. The van der Waals surface area contributed by atoms with E-state index in [1.54, 1.807) is 18.2 Å². The number of benzene rings is 2. The first-order chi connectivity index (χ1) is 13.8. The fourth-order valence-corrected chi connectivity index (χ4v) is 3.57. The lowest BCUT2D eigenvalue weighted by Crippen LogP contribution is -2.45. The maximum Gasteiger partial charge on any atom is 0.276 e. The van der Waals surface area contributed by atoms with Crippen LogP contribution in [0, 0.1) is 0 Å². The zero-order valence-corrected chi connectivity index (χ0v) is 19.9. The van der Waals surface area contributed by atoms with Gasteiger partial charge in [-0.3, -0.25) is 20.4 Å². The molecule has 2 aromatic rings. The highest BCUT2D eigenvalue weighted by atomic mass is 79.9. The van der Waals surface area contributed by atoms with Crippen molar-refractivity contribution in [2.75, 3.05) is 13.2 Å². The highest BCUT2D eigenvalue weighted by Gasteiger charge is 2.11. The van der Waals surface area contributed by atoms with E-state index in [1.165, 1.54) is 5.56 Å². The lowest BCUT2D eigenvalue weighted by molar-refractivity contribution is -0.131. The molecule has 0 aromatic heterocycles. The zero-order valence-electron chi connectivity index (χ0n) is 15.9. The molecule has 0 saturated heterocycles. The summed E-state index contributed by atoms with van der Waals surface area (Å²) >= 11 is 12.6. The van der Waals surface area contributed by atoms with Crippen molar-refractivity contribution in [3.63, 3.8) is 0 Å². The van der Waals surface area contributed by atoms with Crippen molar-refractivity contribution in [2.24, 2.45) is 0 Å². The Morgan fingerprint density at radius 2 is 1.48 bits per heavy atom. The van der Waals surface area contributed by atoms with Crippen LogP contribution in [0.1, 0.15) is 31.7 Å². The van der Waals surface area contributed by atoms with Gasteiger partial charge in [-0.15, -0.1) is 0 Å². The summed E-state index contributed by atoms with van der Waals surface area (Å²) in [5.41, 5.74) is 5.74. The van der Waals surface area contributed by atoms with E-state index in [2.05, 4.69) is 56.6 Å². The number of hydrogen-bond donors (Lipinski definition) is 2. The third-order valence-electron chi connectivity index (χ3n) is 4.09. The van der Waals surface area contributed by atoms with Gasteiger partial charge in [0.25, 0.3) is 11.8 Å². The van der Waals surface area contributed by atoms with Crippen molar-refractivity contribution in [1.29, 1.82) is 0 Å². The van der Waals surface area contributed by atoms with E-state index in [0.29, 0.717) is 26.9 Å². The molecule has 0 aliphatic carbocycles. The van der Waals surface area contributed by atoms with Gasteiger partial charge in [0.1, 0.15) is 11.5 Å². The van der Waals surface area contributed by atoms with Crippen LogP contribution >= 0.6 is 43.5 Å². The van der Waals surface area contributed by atoms with Gasteiger partial charge in [0.2, 0.25) is 0 Å². The number of nitrogens with one attached hydrogen (secondary N) is 2. The van der Waals surface area contributed by atoms with Crippen LogP contribution in [0.15, 0.2) is 45.3 Å². The summed E-state index contributed by atoms with van der Waals surface area (Å²) < 4.78 is 12.3. The van der Waals surface area contributed by atoms with Crippen LogP contribution in [-0.2, 0) is 9.59 Å². The first-order valence-corrected chi connectivity index (χ1v) is 10.8. The average Bonchev–Trinajstić information content (AvgIpc) is 2.70. The van der Waals surface area contributed by atoms with Crippen LogP contribution in [0.25, 0.3) is 0 Å². The van der Waals surface area contributed by atoms with Gasteiger partial charge in [-0.25, -0.2) is 0 Å².